The first-order valence-corrected chi connectivity index (χ1v) is 8.19. The van der Waals surface area contributed by atoms with Crippen LogP contribution >= 0.6 is 12.2 Å². The van der Waals surface area contributed by atoms with E-state index in [2.05, 4.69) is 16.2 Å². The molecule has 0 atom stereocenters. The van der Waals surface area contributed by atoms with Gasteiger partial charge < -0.3 is 9.47 Å². The van der Waals surface area contributed by atoms with Crippen LogP contribution in [-0.2, 0) is 4.74 Å². The quantitative estimate of drug-likeness (QED) is 0.405. The minimum atomic E-state index is -0.403. The Bertz CT molecular complexity index is 751. The van der Waals surface area contributed by atoms with Crippen molar-refractivity contribution >= 4 is 29.1 Å². The minimum Gasteiger partial charge on any atom is -0.491 e. The SMILES string of the molecule is COCCOc1ccc(C(=O)NC(=S)NNC(=O)c2ccccc2)cc1. The molecule has 0 aliphatic rings. The number of hydrazine groups is 1. The fraction of sp³-hybridized carbons (Fsp3) is 0.167. The Hall–Kier alpha value is -2.97. The number of benzene rings is 2. The summed E-state index contributed by atoms with van der Waals surface area (Å²) < 4.78 is 10.3. The highest BCUT2D eigenvalue weighted by Gasteiger charge is 2.09. The maximum absolute atomic E-state index is 12.1. The highest BCUT2D eigenvalue weighted by molar-refractivity contribution is 7.80. The molecule has 0 aromatic heterocycles. The van der Waals surface area contributed by atoms with Crippen molar-refractivity contribution in [2.75, 3.05) is 20.3 Å². The molecule has 2 amide bonds. The van der Waals surface area contributed by atoms with Gasteiger partial charge in [-0.2, -0.15) is 0 Å². The number of carbonyl (C=O) groups is 2. The van der Waals surface area contributed by atoms with Crippen molar-refractivity contribution in [1.29, 1.82) is 0 Å². The summed E-state index contributed by atoms with van der Waals surface area (Å²) in [6.45, 7) is 0.911. The van der Waals surface area contributed by atoms with Crippen molar-refractivity contribution in [2.45, 2.75) is 0 Å². The van der Waals surface area contributed by atoms with Gasteiger partial charge in [-0.1, -0.05) is 18.2 Å². The Morgan fingerprint density at radius 1 is 0.885 bits per heavy atom. The number of carbonyl (C=O) groups excluding carboxylic acids is 2. The fourth-order valence-electron chi connectivity index (χ4n) is 1.93. The standard InChI is InChI=1S/C18H19N3O4S/c1-24-11-12-25-15-9-7-14(8-10-15)16(22)19-18(26)21-20-17(23)13-5-3-2-4-6-13/h2-10H,11-12H2,1H3,(H,20,23)(H2,19,21,22,26). The zero-order valence-corrected chi connectivity index (χ0v) is 15.0. The molecular formula is C18H19N3O4S. The van der Waals surface area contributed by atoms with Crippen LogP contribution in [0.1, 0.15) is 20.7 Å². The van der Waals surface area contributed by atoms with Crippen LogP contribution in [0.25, 0.3) is 0 Å². The lowest BCUT2D eigenvalue weighted by Gasteiger charge is -2.11. The molecular weight excluding hydrogens is 354 g/mol. The molecule has 0 aliphatic heterocycles. The van der Waals surface area contributed by atoms with Gasteiger partial charge in [-0.3, -0.25) is 25.8 Å². The van der Waals surface area contributed by atoms with E-state index in [9.17, 15) is 9.59 Å². The number of methoxy groups -OCH3 is 1. The molecule has 2 rings (SSSR count). The Kier molecular flexibility index (Phi) is 7.53. The summed E-state index contributed by atoms with van der Waals surface area (Å²) >= 11 is 5.00. The maximum atomic E-state index is 12.1. The largest absolute Gasteiger partial charge is 0.491 e. The summed E-state index contributed by atoms with van der Waals surface area (Å²) in [4.78, 5) is 24.0. The second kappa shape index (κ2) is 10.1. The maximum Gasteiger partial charge on any atom is 0.269 e. The predicted octanol–water partition coefficient (Wildman–Crippen LogP) is 1.66. The van der Waals surface area contributed by atoms with Gasteiger partial charge in [0.15, 0.2) is 5.11 Å². The number of thiocarbonyl (C=S) groups is 1. The van der Waals surface area contributed by atoms with Crippen LogP contribution < -0.4 is 20.9 Å². The van der Waals surface area contributed by atoms with E-state index in [1.807, 2.05) is 6.07 Å². The van der Waals surface area contributed by atoms with Gasteiger partial charge in [0, 0.05) is 18.2 Å². The summed E-state index contributed by atoms with van der Waals surface area (Å²) in [6.07, 6.45) is 0. The molecule has 2 aromatic rings. The molecule has 0 radical (unpaired) electrons. The Morgan fingerprint density at radius 3 is 2.19 bits per heavy atom. The minimum absolute atomic E-state index is 0.0142. The Labute approximate surface area is 156 Å². The molecule has 2 aromatic carbocycles. The van der Waals surface area contributed by atoms with Gasteiger partial charge in [-0.15, -0.1) is 0 Å². The molecule has 0 saturated carbocycles. The second-order valence-corrected chi connectivity index (χ2v) is 5.50. The van der Waals surface area contributed by atoms with Crippen molar-refractivity contribution < 1.29 is 19.1 Å². The van der Waals surface area contributed by atoms with Crippen LogP contribution in [0.4, 0.5) is 0 Å². The van der Waals surface area contributed by atoms with Crippen molar-refractivity contribution in [3.8, 4) is 5.75 Å². The second-order valence-electron chi connectivity index (χ2n) is 5.09. The van der Waals surface area contributed by atoms with Crippen LogP contribution in [0.2, 0.25) is 0 Å². The summed E-state index contributed by atoms with van der Waals surface area (Å²) in [7, 11) is 1.59. The number of amides is 2. The van der Waals surface area contributed by atoms with Gasteiger partial charge in [-0.05, 0) is 48.6 Å². The van der Waals surface area contributed by atoms with Gasteiger partial charge in [0.2, 0.25) is 0 Å². The van der Waals surface area contributed by atoms with E-state index in [1.54, 1.807) is 55.6 Å². The molecule has 0 spiro atoms. The number of ether oxygens (including phenoxy) is 2. The first kappa shape index (κ1) is 19.4. The average molecular weight is 373 g/mol. The summed E-state index contributed by atoms with van der Waals surface area (Å²) in [5.74, 6) is -0.130. The third-order valence-electron chi connectivity index (χ3n) is 3.23. The van der Waals surface area contributed by atoms with E-state index in [4.69, 9.17) is 21.7 Å². The van der Waals surface area contributed by atoms with Gasteiger partial charge >= 0.3 is 0 Å². The number of rotatable bonds is 6. The lowest BCUT2D eigenvalue weighted by atomic mass is 10.2. The molecule has 7 nitrogen and oxygen atoms in total. The third-order valence-corrected chi connectivity index (χ3v) is 3.43. The molecule has 8 heteroatoms. The Morgan fingerprint density at radius 2 is 1.54 bits per heavy atom. The van der Waals surface area contributed by atoms with Crippen LogP contribution in [0.3, 0.4) is 0 Å². The van der Waals surface area contributed by atoms with Crippen molar-refractivity contribution in [2.24, 2.45) is 0 Å². The molecule has 26 heavy (non-hydrogen) atoms. The van der Waals surface area contributed by atoms with Crippen molar-refractivity contribution in [3.63, 3.8) is 0 Å². The number of hydrogen-bond acceptors (Lipinski definition) is 5. The van der Waals surface area contributed by atoms with E-state index < -0.39 is 5.91 Å². The first-order chi connectivity index (χ1) is 12.6. The lowest BCUT2D eigenvalue weighted by molar-refractivity contribution is 0.0934. The first-order valence-electron chi connectivity index (χ1n) is 7.78. The fourth-order valence-corrected chi connectivity index (χ4v) is 2.07. The van der Waals surface area contributed by atoms with Crippen LogP contribution in [0.5, 0.6) is 5.75 Å². The van der Waals surface area contributed by atoms with E-state index in [0.29, 0.717) is 30.1 Å². The molecule has 0 aliphatic carbocycles. The van der Waals surface area contributed by atoms with Crippen LogP contribution in [-0.4, -0.2) is 37.3 Å². The van der Waals surface area contributed by atoms with Gasteiger partial charge in [0.25, 0.3) is 11.8 Å². The zero-order chi connectivity index (χ0) is 18.8. The average Bonchev–Trinajstić information content (AvgIpc) is 2.67. The van der Waals surface area contributed by atoms with Crippen molar-refractivity contribution in [1.82, 2.24) is 16.2 Å². The van der Waals surface area contributed by atoms with E-state index in [1.165, 1.54) is 0 Å². The van der Waals surface area contributed by atoms with Crippen molar-refractivity contribution in [3.05, 3.63) is 65.7 Å². The molecule has 136 valence electrons. The van der Waals surface area contributed by atoms with E-state index in [-0.39, 0.29) is 11.0 Å². The summed E-state index contributed by atoms with van der Waals surface area (Å²) in [5.41, 5.74) is 5.78. The van der Waals surface area contributed by atoms with Crippen LogP contribution in [0, 0.1) is 0 Å². The smallest absolute Gasteiger partial charge is 0.269 e. The highest BCUT2D eigenvalue weighted by atomic mass is 32.1. The molecule has 0 fully saturated rings. The predicted molar refractivity (Wildman–Crippen MR) is 101 cm³/mol. The van der Waals surface area contributed by atoms with Gasteiger partial charge in [0.1, 0.15) is 12.4 Å². The van der Waals surface area contributed by atoms with E-state index in [0.717, 1.165) is 0 Å². The number of hydrogen-bond donors (Lipinski definition) is 3. The number of nitrogens with one attached hydrogen (secondary N) is 3. The summed E-state index contributed by atoms with van der Waals surface area (Å²) in [5, 5.41) is 2.47. The highest BCUT2D eigenvalue weighted by Crippen LogP contribution is 2.12. The third kappa shape index (κ3) is 6.15. The van der Waals surface area contributed by atoms with Crippen LogP contribution in [0.15, 0.2) is 54.6 Å². The normalized spacial score (nSPS) is 9.88. The molecule has 0 saturated heterocycles. The zero-order valence-electron chi connectivity index (χ0n) is 14.2. The molecule has 0 bridgehead atoms. The van der Waals surface area contributed by atoms with Gasteiger partial charge in [0.05, 0.1) is 6.61 Å². The Balaban J connectivity index is 1.79. The molecule has 3 N–H and O–H groups in total. The summed E-state index contributed by atoms with van der Waals surface area (Å²) in [6, 6.07) is 15.2. The van der Waals surface area contributed by atoms with E-state index >= 15 is 0 Å². The molecule has 0 heterocycles. The lowest BCUT2D eigenvalue weighted by Crippen LogP contribution is -2.48. The molecule has 0 unspecified atom stereocenters. The monoisotopic (exact) mass is 373 g/mol. The topological polar surface area (TPSA) is 88.7 Å². The van der Waals surface area contributed by atoms with Gasteiger partial charge in [-0.25, -0.2) is 0 Å².